The standard InChI is InChI=1S/C14H15ClFN3O/c1-3-19-12(14(15)8(2)18-19)7-13(20)9-4-5-11(17)10(16)6-9/h4-6H,3,7,17H2,1-2H3. The Labute approximate surface area is 121 Å². The number of hydrogen-bond acceptors (Lipinski definition) is 3. The second-order valence-electron chi connectivity index (χ2n) is 4.50. The zero-order chi connectivity index (χ0) is 14.9. The highest BCUT2D eigenvalue weighted by Crippen LogP contribution is 2.22. The minimum atomic E-state index is -0.595. The van der Waals surface area contributed by atoms with Crippen molar-refractivity contribution in [2.24, 2.45) is 0 Å². The first kappa shape index (κ1) is 14.5. The summed E-state index contributed by atoms with van der Waals surface area (Å²) in [5.41, 5.74) is 7.02. The third-order valence-electron chi connectivity index (χ3n) is 3.10. The lowest BCUT2D eigenvalue weighted by atomic mass is 10.1. The third kappa shape index (κ3) is 2.67. The second kappa shape index (κ2) is 5.63. The Balaban J connectivity index is 2.30. The summed E-state index contributed by atoms with van der Waals surface area (Å²) in [5, 5.41) is 4.73. The molecule has 1 aromatic heterocycles. The predicted molar refractivity (Wildman–Crippen MR) is 76.5 cm³/mol. The second-order valence-corrected chi connectivity index (χ2v) is 4.88. The van der Waals surface area contributed by atoms with Gasteiger partial charge >= 0.3 is 0 Å². The van der Waals surface area contributed by atoms with Crippen LogP contribution in [0.25, 0.3) is 0 Å². The number of Topliss-reactive ketones (excluding diaryl/α,β-unsaturated/α-hetero) is 1. The van der Waals surface area contributed by atoms with Gasteiger partial charge in [0, 0.05) is 12.1 Å². The normalized spacial score (nSPS) is 10.8. The van der Waals surface area contributed by atoms with Crippen molar-refractivity contribution in [3.05, 3.63) is 46.0 Å². The number of aryl methyl sites for hydroxylation is 2. The first-order valence-electron chi connectivity index (χ1n) is 6.24. The van der Waals surface area contributed by atoms with Crippen molar-refractivity contribution >= 4 is 23.1 Å². The minimum absolute atomic E-state index is 0.0222. The van der Waals surface area contributed by atoms with Crippen LogP contribution >= 0.6 is 11.6 Å². The van der Waals surface area contributed by atoms with Gasteiger partial charge < -0.3 is 5.73 Å². The van der Waals surface area contributed by atoms with E-state index in [0.29, 0.717) is 23.0 Å². The molecular weight excluding hydrogens is 281 g/mol. The molecule has 1 heterocycles. The monoisotopic (exact) mass is 295 g/mol. The molecule has 0 spiro atoms. The van der Waals surface area contributed by atoms with Gasteiger partial charge in [-0.2, -0.15) is 5.10 Å². The Morgan fingerprint density at radius 1 is 1.50 bits per heavy atom. The van der Waals surface area contributed by atoms with Gasteiger partial charge in [-0.15, -0.1) is 0 Å². The average Bonchev–Trinajstić information content (AvgIpc) is 2.69. The lowest BCUT2D eigenvalue weighted by Gasteiger charge is -2.06. The number of rotatable bonds is 4. The van der Waals surface area contributed by atoms with Crippen molar-refractivity contribution in [1.29, 1.82) is 0 Å². The van der Waals surface area contributed by atoms with Crippen LogP contribution in [0.2, 0.25) is 5.02 Å². The maximum Gasteiger partial charge on any atom is 0.168 e. The number of carbonyl (C=O) groups is 1. The van der Waals surface area contributed by atoms with Crippen molar-refractivity contribution in [3.63, 3.8) is 0 Å². The van der Waals surface area contributed by atoms with E-state index in [1.54, 1.807) is 11.6 Å². The molecule has 20 heavy (non-hydrogen) atoms. The van der Waals surface area contributed by atoms with Crippen LogP contribution in [0.5, 0.6) is 0 Å². The zero-order valence-electron chi connectivity index (χ0n) is 11.3. The number of benzene rings is 1. The van der Waals surface area contributed by atoms with Gasteiger partial charge in [0.2, 0.25) is 0 Å². The van der Waals surface area contributed by atoms with Crippen LogP contribution in [0.15, 0.2) is 18.2 Å². The number of aromatic nitrogens is 2. The van der Waals surface area contributed by atoms with E-state index < -0.39 is 5.82 Å². The highest BCUT2D eigenvalue weighted by Gasteiger charge is 2.17. The van der Waals surface area contributed by atoms with Gasteiger partial charge in [0.15, 0.2) is 5.78 Å². The maximum atomic E-state index is 13.4. The van der Waals surface area contributed by atoms with Crippen molar-refractivity contribution in [3.8, 4) is 0 Å². The molecule has 0 aliphatic rings. The Kier molecular flexibility index (Phi) is 4.09. The molecule has 0 aliphatic carbocycles. The molecule has 1 aromatic carbocycles. The maximum absolute atomic E-state index is 13.4. The van der Waals surface area contributed by atoms with Gasteiger partial charge in [0.25, 0.3) is 0 Å². The van der Waals surface area contributed by atoms with Crippen molar-refractivity contribution < 1.29 is 9.18 Å². The highest BCUT2D eigenvalue weighted by molar-refractivity contribution is 6.32. The molecule has 4 nitrogen and oxygen atoms in total. The molecule has 106 valence electrons. The van der Waals surface area contributed by atoms with Crippen LogP contribution in [-0.2, 0) is 13.0 Å². The largest absolute Gasteiger partial charge is 0.396 e. The van der Waals surface area contributed by atoms with Gasteiger partial charge in [-0.05, 0) is 32.0 Å². The number of halogens is 2. The first-order valence-corrected chi connectivity index (χ1v) is 6.61. The van der Waals surface area contributed by atoms with Crippen molar-refractivity contribution in [2.45, 2.75) is 26.8 Å². The molecule has 2 aromatic rings. The highest BCUT2D eigenvalue weighted by atomic mass is 35.5. The van der Waals surface area contributed by atoms with E-state index in [2.05, 4.69) is 5.10 Å². The summed E-state index contributed by atoms with van der Waals surface area (Å²) < 4.78 is 15.1. The fourth-order valence-corrected chi connectivity index (χ4v) is 2.19. The van der Waals surface area contributed by atoms with Gasteiger partial charge in [0.05, 0.1) is 28.5 Å². The summed E-state index contributed by atoms with van der Waals surface area (Å²) >= 11 is 6.15. The zero-order valence-corrected chi connectivity index (χ0v) is 12.0. The van der Waals surface area contributed by atoms with E-state index in [9.17, 15) is 9.18 Å². The topological polar surface area (TPSA) is 60.9 Å². The van der Waals surface area contributed by atoms with Crippen LogP contribution in [0, 0.1) is 12.7 Å². The molecule has 0 saturated heterocycles. The summed E-state index contributed by atoms with van der Waals surface area (Å²) in [5.74, 6) is -0.817. The molecule has 2 rings (SSSR count). The van der Waals surface area contributed by atoms with E-state index in [1.165, 1.54) is 12.1 Å². The molecule has 0 saturated carbocycles. The van der Waals surface area contributed by atoms with E-state index in [4.69, 9.17) is 17.3 Å². The Bertz CT molecular complexity index is 667. The van der Waals surface area contributed by atoms with E-state index >= 15 is 0 Å². The third-order valence-corrected chi connectivity index (χ3v) is 3.59. The number of hydrogen-bond donors (Lipinski definition) is 1. The van der Waals surface area contributed by atoms with E-state index in [-0.39, 0.29) is 23.5 Å². The summed E-state index contributed by atoms with van der Waals surface area (Å²) in [7, 11) is 0. The predicted octanol–water partition coefficient (Wildman–Crippen LogP) is 3.01. The molecule has 2 N–H and O–H groups in total. The van der Waals surface area contributed by atoms with Gasteiger partial charge in [-0.25, -0.2) is 4.39 Å². The fraction of sp³-hybridized carbons (Fsp3) is 0.286. The minimum Gasteiger partial charge on any atom is -0.396 e. The Hall–Kier alpha value is -1.88. The van der Waals surface area contributed by atoms with Crippen LogP contribution in [0.4, 0.5) is 10.1 Å². The number of nitrogens with two attached hydrogens (primary N) is 1. The van der Waals surface area contributed by atoms with Gasteiger partial charge in [0.1, 0.15) is 5.82 Å². The summed E-state index contributed by atoms with van der Waals surface area (Å²) in [6.07, 6.45) is 0.0802. The van der Waals surface area contributed by atoms with Gasteiger partial charge in [-0.1, -0.05) is 11.6 Å². The summed E-state index contributed by atoms with van der Waals surface area (Å²) in [6, 6.07) is 4.03. The molecular formula is C14H15ClFN3O. The molecule has 0 atom stereocenters. The van der Waals surface area contributed by atoms with Crippen molar-refractivity contribution in [1.82, 2.24) is 9.78 Å². The number of ketones is 1. The first-order chi connectivity index (χ1) is 9.43. The number of carbonyl (C=O) groups excluding carboxylic acids is 1. The average molecular weight is 296 g/mol. The Morgan fingerprint density at radius 2 is 2.20 bits per heavy atom. The number of nitrogens with zero attached hydrogens (tertiary/aromatic N) is 2. The van der Waals surface area contributed by atoms with Crippen LogP contribution < -0.4 is 5.73 Å². The molecule has 0 unspecified atom stereocenters. The van der Waals surface area contributed by atoms with E-state index in [0.717, 1.165) is 6.07 Å². The lowest BCUT2D eigenvalue weighted by Crippen LogP contribution is -2.10. The lowest BCUT2D eigenvalue weighted by molar-refractivity contribution is 0.0990. The van der Waals surface area contributed by atoms with Crippen LogP contribution in [-0.4, -0.2) is 15.6 Å². The molecule has 0 amide bonds. The molecule has 0 fully saturated rings. The molecule has 0 aliphatic heterocycles. The van der Waals surface area contributed by atoms with Crippen LogP contribution in [0.3, 0.4) is 0 Å². The Morgan fingerprint density at radius 3 is 2.80 bits per heavy atom. The van der Waals surface area contributed by atoms with Gasteiger partial charge in [-0.3, -0.25) is 9.48 Å². The summed E-state index contributed by atoms with van der Waals surface area (Å²) in [4.78, 5) is 12.2. The SMILES string of the molecule is CCn1nc(C)c(Cl)c1CC(=O)c1ccc(N)c(F)c1. The quantitative estimate of drug-likeness (QED) is 0.697. The van der Waals surface area contributed by atoms with E-state index in [1.807, 2.05) is 6.92 Å². The fourth-order valence-electron chi connectivity index (χ4n) is 1.99. The molecule has 0 bridgehead atoms. The number of anilines is 1. The molecule has 0 radical (unpaired) electrons. The van der Waals surface area contributed by atoms with Crippen molar-refractivity contribution in [2.75, 3.05) is 5.73 Å². The summed E-state index contributed by atoms with van der Waals surface area (Å²) in [6.45, 7) is 4.32. The number of nitrogen functional groups attached to an aromatic ring is 1. The molecule has 6 heteroatoms. The smallest absolute Gasteiger partial charge is 0.168 e. The van der Waals surface area contributed by atoms with Crippen LogP contribution in [0.1, 0.15) is 28.7 Å².